The Morgan fingerprint density at radius 1 is 0.490 bits per heavy atom. The minimum Gasteiger partial charge on any atom is -0.507 e. The fourth-order valence-corrected chi connectivity index (χ4v) is 8.34. The molecule has 2 fully saturated rings. The number of piperidine rings is 2. The first kappa shape index (κ1) is 35.2. The molecule has 0 bridgehead atoms. The highest BCUT2D eigenvalue weighted by atomic mass is 16.3. The summed E-state index contributed by atoms with van der Waals surface area (Å²) in [6.07, 6.45) is 7.24. The second kappa shape index (κ2) is 15.1. The van der Waals surface area contributed by atoms with Gasteiger partial charge in [-0.05, 0) is 109 Å². The lowest BCUT2D eigenvalue weighted by molar-refractivity contribution is 0.184. The second-order valence-electron chi connectivity index (χ2n) is 15.8. The lowest BCUT2D eigenvalue weighted by Gasteiger charge is -2.38. The monoisotopic (exact) mass is 658 g/mol. The number of hydrogen-bond donors (Lipinski definition) is 2. The normalized spacial score (nSPS) is 17.8. The molecular formula is C45H58N2O2. The fourth-order valence-electron chi connectivity index (χ4n) is 8.34. The standard InChI is InChI=1S/C45H58N2O2/c1-31(2)37-27-35(29-39(43(37)48)41(33-19-11-7-12-20-33)46-23-15-9-16-24-46)45(5,6)36-28-38(32(3)4)44(49)40(30-36)42(34-21-13-8-14-22-34)47-25-17-10-18-26-47/h7-8,11-14,19-22,27-32,41-42,48-49H,9-10,15-18,23-26H2,1-6H3. The quantitative estimate of drug-likeness (QED) is 0.178. The molecule has 2 unspecified atom stereocenters. The van der Waals surface area contributed by atoms with Crippen LogP contribution in [0.4, 0.5) is 0 Å². The molecule has 260 valence electrons. The maximum atomic E-state index is 12.1. The molecule has 2 atom stereocenters. The minimum absolute atomic E-state index is 0.0158. The van der Waals surface area contributed by atoms with E-state index in [-0.39, 0.29) is 23.9 Å². The molecule has 49 heavy (non-hydrogen) atoms. The average molecular weight is 659 g/mol. The molecule has 4 aromatic rings. The number of nitrogens with zero attached hydrogens (tertiary/aromatic N) is 2. The van der Waals surface area contributed by atoms with Crippen molar-refractivity contribution >= 4 is 0 Å². The summed E-state index contributed by atoms with van der Waals surface area (Å²) in [4.78, 5) is 5.15. The van der Waals surface area contributed by atoms with Crippen LogP contribution in [0.3, 0.4) is 0 Å². The molecule has 4 aromatic carbocycles. The molecule has 4 heteroatoms. The van der Waals surface area contributed by atoms with E-state index in [1.54, 1.807) is 0 Å². The maximum absolute atomic E-state index is 12.1. The Hall–Kier alpha value is -3.60. The van der Waals surface area contributed by atoms with E-state index in [1.165, 1.54) is 60.8 Å². The third-order valence-corrected chi connectivity index (χ3v) is 11.4. The Kier molecular flexibility index (Phi) is 10.9. The van der Waals surface area contributed by atoms with Crippen molar-refractivity contribution in [1.29, 1.82) is 0 Å². The van der Waals surface area contributed by atoms with Crippen molar-refractivity contribution < 1.29 is 10.2 Å². The summed E-state index contributed by atoms with van der Waals surface area (Å²) in [7, 11) is 0. The zero-order valence-corrected chi connectivity index (χ0v) is 30.8. The third kappa shape index (κ3) is 7.32. The molecule has 2 aliphatic rings. The Bertz CT molecular complexity index is 1560. The van der Waals surface area contributed by atoms with Crippen LogP contribution in [0.5, 0.6) is 11.5 Å². The molecule has 0 amide bonds. The summed E-state index contributed by atoms with van der Waals surface area (Å²) in [5, 5.41) is 24.1. The predicted octanol–water partition coefficient (Wildman–Crippen LogP) is 10.8. The fraction of sp³-hybridized carbons (Fsp3) is 0.467. The van der Waals surface area contributed by atoms with Gasteiger partial charge in [-0.25, -0.2) is 0 Å². The molecule has 6 rings (SSSR count). The first-order valence-corrected chi connectivity index (χ1v) is 18.9. The number of phenols is 2. The van der Waals surface area contributed by atoms with Crippen molar-refractivity contribution in [3.8, 4) is 11.5 Å². The number of rotatable bonds is 10. The topological polar surface area (TPSA) is 46.9 Å². The van der Waals surface area contributed by atoms with Crippen molar-refractivity contribution in [2.75, 3.05) is 26.2 Å². The summed E-state index contributed by atoms with van der Waals surface area (Å²) < 4.78 is 0. The predicted molar refractivity (Wildman–Crippen MR) is 204 cm³/mol. The van der Waals surface area contributed by atoms with Crippen molar-refractivity contribution in [2.45, 2.75) is 109 Å². The number of benzene rings is 4. The number of hydrogen-bond acceptors (Lipinski definition) is 4. The van der Waals surface area contributed by atoms with Gasteiger partial charge in [0.15, 0.2) is 0 Å². The largest absolute Gasteiger partial charge is 0.507 e. The van der Waals surface area contributed by atoms with Crippen molar-refractivity contribution in [1.82, 2.24) is 9.80 Å². The van der Waals surface area contributed by atoms with Crippen LogP contribution in [0.15, 0.2) is 84.9 Å². The second-order valence-corrected chi connectivity index (χ2v) is 15.8. The SMILES string of the molecule is CC(C)c1cc(C(C)(C)c2cc(C(C)C)c(O)c(C(c3ccccc3)N3CCCCC3)c2)cc(C(c2ccccc2)N2CCCCC2)c1O. The minimum atomic E-state index is -0.398. The molecule has 2 aliphatic heterocycles. The maximum Gasteiger partial charge on any atom is 0.124 e. The Morgan fingerprint density at radius 2 is 0.816 bits per heavy atom. The highest BCUT2D eigenvalue weighted by Gasteiger charge is 2.34. The van der Waals surface area contributed by atoms with Crippen LogP contribution < -0.4 is 0 Å². The molecule has 0 radical (unpaired) electrons. The Labute approximate surface area is 295 Å². The molecule has 0 spiro atoms. The van der Waals surface area contributed by atoms with Gasteiger partial charge in [-0.1, -0.05) is 127 Å². The first-order chi connectivity index (χ1) is 23.6. The van der Waals surface area contributed by atoms with E-state index in [4.69, 9.17) is 0 Å². The summed E-state index contributed by atoms with van der Waals surface area (Å²) in [6, 6.07) is 30.6. The lowest BCUT2D eigenvalue weighted by Crippen LogP contribution is -2.35. The molecule has 4 nitrogen and oxygen atoms in total. The zero-order chi connectivity index (χ0) is 34.7. The van der Waals surface area contributed by atoms with Gasteiger partial charge in [0.1, 0.15) is 11.5 Å². The van der Waals surface area contributed by atoms with Crippen LogP contribution in [0.2, 0.25) is 0 Å². The molecule has 0 aromatic heterocycles. The molecule has 0 aliphatic carbocycles. The molecule has 2 saturated heterocycles. The van der Waals surface area contributed by atoms with Gasteiger partial charge in [-0.15, -0.1) is 0 Å². The van der Waals surface area contributed by atoms with E-state index >= 15 is 0 Å². The van der Waals surface area contributed by atoms with Gasteiger partial charge < -0.3 is 10.2 Å². The number of aromatic hydroxyl groups is 2. The van der Waals surface area contributed by atoms with Gasteiger partial charge in [0.05, 0.1) is 12.1 Å². The Balaban J connectivity index is 1.54. The van der Waals surface area contributed by atoms with Crippen molar-refractivity contribution in [2.24, 2.45) is 0 Å². The highest BCUT2D eigenvalue weighted by molar-refractivity contribution is 5.56. The summed E-state index contributed by atoms with van der Waals surface area (Å²) >= 11 is 0. The van der Waals surface area contributed by atoms with Gasteiger partial charge in [0.25, 0.3) is 0 Å². The van der Waals surface area contributed by atoms with Gasteiger partial charge >= 0.3 is 0 Å². The zero-order valence-electron chi connectivity index (χ0n) is 30.8. The van der Waals surface area contributed by atoms with Crippen molar-refractivity contribution in [3.05, 3.63) is 129 Å². The van der Waals surface area contributed by atoms with Gasteiger partial charge in [0.2, 0.25) is 0 Å². The van der Waals surface area contributed by atoms with E-state index in [9.17, 15) is 10.2 Å². The van der Waals surface area contributed by atoms with Crippen LogP contribution >= 0.6 is 0 Å². The van der Waals surface area contributed by atoms with Crippen LogP contribution in [0, 0.1) is 0 Å². The number of phenolic OH excluding ortho intramolecular Hbond substituents is 2. The first-order valence-electron chi connectivity index (χ1n) is 18.9. The van der Waals surface area contributed by atoms with E-state index in [2.05, 4.69) is 136 Å². The van der Waals surface area contributed by atoms with Crippen molar-refractivity contribution in [3.63, 3.8) is 0 Å². The lowest BCUT2D eigenvalue weighted by atomic mass is 9.73. The molecule has 2 N–H and O–H groups in total. The third-order valence-electron chi connectivity index (χ3n) is 11.4. The summed E-state index contributed by atoms with van der Waals surface area (Å²) in [5.41, 5.74) is 8.45. The summed E-state index contributed by atoms with van der Waals surface area (Å²) in [5.74, 6) is 1.18. The number of likely N-dealkylation sites (tertiary alicyclic amines) is 2. The van der Waals surface area contributed by atoms with E-state index in [0.29, 0.717) is 11.5 Å². The smallest absolute Gasteiger partial charge is 0.124 e. The van der Waals surface area contributed by atoms with Crippen LogP contribution in [-0.2, 0) is 5.41 Å². The van der Waals surface area contributed by atoms with E-state index in [1.807, 2.05) is 0 Å². The molecule has 0 saturated carbocycles. The highest BCUT2D eigenvalue weighted by Crippen LogP contribution is 2.47. The van der Waals surface area contributed by atoms with E-state index < -0.39 is 5.41 Å². The van der Waals surface area contributed by atoms with E-state index in [0.717, 1.165) is 48.4 Å². The summed E-state index contributed by atoms with van der Waals surface area (Å²) in [6.45, 7) is 17.5. The average Bonchev–Trinajstić information content (AvgIpc) is 3.11. The van der Waals surface area contributed by atoms with Crippen LogP contribution in [0.25, 0.3) is 0 Å². The Morgan fingerprint density at radius 3 is 1.14 bits per heavy atom. The van der Waals surface area contributed by atoms with Crippen LogP contribution in [0.1, 0.15) is 148 Å². The van der Waals surface area contributed by atoms with Gasteiger partial charge in [0, 0.05) is 16.5 Å². The van der Waals surface area contributed by atoms with Crippen LogP contribution in [-0.4, -0.2) is 46.2 Å². The molecular weight excluding hydrogens is 601 g/mol. The molecule has 2 heterocycles. The van der Waals surface area contributed by atoms with Gasteiger partial charge in [-0.2, -0.15) is 0 Å². The van der Waals surface area contributed by atoms with Gasteiger partial charge in [-0.3, -0.25) is 9.80 Å².